The predicted octanol–water partition coefficient (Wildman–Crippen LogP) is 1.50. The van der Waals surface area contributed by atoms with Crippen molar-refractivity contribution in [2.45, 2.75) is 13.8 Å². The SMILES string of the molecule is CCN(CCO)C[C@@H]1CN(c2nc3cc(C)ccc3o2)C[C@@H]1CO. The van der Waals surface area contributed by atoms with Crippen LogP contribution < -0.4 is 4.90 Å². The Morgan fingerprint density at radius 1 is 1.29 bits per heavy atom. The van der Waals surface area contributed by atoms with Crippen LogP contribution in [0.4, 0.5) is 6.01 Å². The highest BCUT2D eigenvalue weighted by Crippen LogP contribution is 2.30. The Labute approximate surface area is 142 Å². The van der Waals surface area contributed by atoms with E-state index >= 15 is 0 Å². The van der Waals surface area contributed by atoms with Crippen molar-refractivity contribution in [3.8, 4) is 0 Å². The Balaban J connectivity index is 1.74. The third kappa shape index (κ3) is 3.55. The van der Waals surface area contributed by atoms with Crippen LogP contribution in [0.3, 0.4) is 0 Å². The van der Waals surface area contributed by atoms with E-state index in [1.165, 1.54) is 0 Å². The third-order valence-electron chi connectivity index (χ3n) is 4.97. The van der Waals surface area contributed by atoms with Crippen LogP contribution >= 0.6 is 0 Å². The molecule has 1 aliphatic heterocycles. The number of oxazole rings is 1. The zero-order valence-corrected chi connectivity index (χ0v) is 14.5. The summed E-state index contributed by atoms with van der Waals surface area (Å²) in [5.74, 6) is 0.549. The maximum absolute atomic E-state index is 9.75. The van der Waals surface area contributed by atoms with Gasteiger partial charge in [-0.25, -0.2) is 0 Å². The van der Waals surface area contributed by atoms with E-state index in [4.69, 9.17) is 4.42 Å². The summed E-state index contributed by atoms with van der Waals surface area (Å²) in [5, 5.41) is 18.9. The molecule has 6 heteroatoms. The van der Waals surface area contributed by atoms with Gasteiger partial charge >= 0.3 is 0 Å². The van der Waals surface area contributed by atoms with Crippen LogP contribution in [0, 0.1) is 18.8 Å². The summed E-state index contributed by atoms with van der Waals surface area (Å²) in [7, 11) is 0. The van der Waals surface area contributed by atoms with Gasteiger partial charge in [0.2, 0.25) is 0 Å². The van der Waals surface area contributed by atoms with Gasteiger partial charge in [0.05, 0.1) is 6.61 Å². The van der Waals surface area contributed by atoms with E-state index in [2.05, 4.69) is 21.7 Å². The second-order valence-corrected chi connectivity index (χ2v) is 6.69. The Morgan fingerprint density at radius 2 is 2.08 bits per heavy atom. The fourth-order valence-electron chi connectivity index (χ4n) is 3.52. The first-order valence-electron chi connectivity index (χ1n) is 8.70. The molecule has 24 heavy (non-hydrogen) atoms. The molecule has 2 aromatic rings. The van der Waals surface area contributed by atoms with Gasteiger partial charge in [-0.3, -0.25) is 0 Å². The lowest BCUT2D eigenvalue weighted by molar-refractivity contribution is 0.147. The van der Waals surface area contributed by atoms with E-state index in [0.29, 0.717) is 18.5 Å². The largest absolute Gasteiger partial charge is 0.423 e. The van der Waals surface area contributed by atoms with Gasteiger partial charge in [-0.15, -0.1) is 0 Å². The Bertz CT molecular complexity index is 673. The molecule has 1 aliphatic rings. The first-order valence-corrected chi connectivity index (χ1v) is 8.70. The number of anilines is 1. The van der Waals surface area contributed by atoms with Crippen molar-refractivity contribution in [1.82, 2.24) is 9.88 Å². The fourth-order valence-corrected chi connectivity index (χ4v) is 3.52. The van der Waals surface area contributed by atoms with Crippen molar-refractivity contribution in [3.05, 3.63) is 23.8 Å². The third-order valence-corrected chi connectivity index (χ3v) is 4.97. The van der Waals surface area contributed by atoms with Crippen LogP contribution in [0.1, 0.15) is 12.5 Å². The van der Waals surface area contributed by atoms with Gasteiger partial charge in [0.1, 0.15) is 5.52 Å². The molecule has 2 heterocycles. The molecule has 0 amide bonds. The van der Waals surface area contributed by atoms with E-state index in [-0.39, 0.29) is 19.1 Å². The first-order chi connectivity index (χ1) is 11.6. The molecule has 132 valence electrons. The van der Waals surface area contributed by atoms with E-state index < -0.39 is 0 Å². The number of rotatable bonds is 7. The molecule has 2 N–H and O–H groups in total. The van der Waals surface area contributed by atoms with Gasteiger partial charge in [-0.1, -0.05) is 13.0 Å². The average molecular weight is 333 g/mol. The number of nitrogens with zero attached hydrogens (tertiary/aromatic N) is 3. The zero-order chi connectivity index (χ0) is 17.1. The van der Waals surface area contributed by atoms with Crippen molar-refractivity contribution in [1.29, 1.82) is 0 Å². The molecule has 0 saturated carbocycles. The molecule has 0 spiro atoms. The Hall–Kier alpha value is -1.63. The highest BCUT2D eigenvalue weighted by Gasteiger charge is 2.35. The highest BCUT2D eigenvalue weighted by atomic mass is 16.4. The molecule has 6 nitrogen and oxygen atoms in total. The molecule has 1 fully saturated rings. The minimum Gasteiger partial charge on any atom is -0.423 e. The van der Waals surface area contributed by atoms with Gasteiger partial charge in [-0.05, 0) is 37.1 Å². The smallest absolute Gasteiger partial charge is 0.298 e. The van der Waals surface area contributed by atoms with Crippen LogP contribution in [0.25, 0.3) is 11.1 Å². The normalized spacial score (nSPS) is 21.3. The van der Waals surface area contributed by atoms with Crippen LogP contribution in [0.2, 0.25) is 0 Å². The fraction of sp³-hybridized carbons (Fsp3) is 0.611. The summed E-state index contributed by atoms with van der Waals surface area (Å²) in [4.78, 5) is 8.98. The second kappa shape index (κ2) is 7.51. The summed E-state index contributed by atoms with van der Waals surface area (Å²) in [6.45, 7) is 8.49. The van der Waals surface area contributed by atoms with Gasteiger partial charge in [-0.2, -0.15) is 4.98 Å². The lowest BCUT2D eigenvalue weighted by atomic mass is 9.96. The average Bonchev–Trinajstić information content (AvgIpc) is 3.17. The first kappa shape index (κ1) is 17.2. The number of aromatic nitrogens is 1. The van der Waals surface area contributed by atoms with Gasteiger partial charge < -0.3 is 24.4 Å². The lowest BCUT2D eigenvalue weighted by Gasteiger charge is -2.25. The minimum atomic E-state index is 0.164. The minimum absolute atomic E-state index is 0.164. The van der Waals surface area contributed by atoms with Crippen LogP contribution in [-0.2, 0) is 0 Å². The molecular weight excluding hydrogens is 306 g/mol. The predicted molar refractivity (Wildman–Crippen MR) is 94.2 cm³/mol. The lowest BCUT2D eigenvalue weighted by Crippen LogP contribution is -2.35. The molecule has 0 unspecified atom stereocenters. The molecule has 2 atom stereocenters. The number of fused-ring (bicyclic) bond motifs is 1. The molecule has 0 bridgehead atoms. The highest BCUT2D eigenvalue weighted by molar-refractivity contribution is 5.75. The Morgan fingerprint density at radius 3 is 2.79 bits per heavy atom. The number of likely N-dealkylation sites (N-methyl/N-ethyl adjacent to an activating group) is 1. The summed E-state index contributed by atoms with van der Waals surface area (Å²) in [6, 6.07) is 6.65. The van der Waals surface area contributed by atoms with Crippen molar-refractivity contribution < 1.29 is 14.6 Å². The Kier molecular flexibility index (Phi) is 5.38. The van der Waals surface area contributed by atoms with Crippen molar-refractivity contribution in [2.75, 3.05) is 50.8 Å². The monoisotopic (exact) mass is 333 g/mol. The molecule has 0 aliphatic carbocycles. The molecular formula is C18H27N3O3. The van der Waals surface area contributed by atoms with E-state index in [1.807, 2.05) is 25.1 Å². The zero-order valence-electron chi connectivity index (χ0n) is 14.5. The molecule has 3 rings (SSSR count). The van der Waals surface area contributed by atoms with Gasteiger partial charge in [0.25, 0.3) is 6.01 Å². The number of hydrogen-bond acceptors (Lipinski definition) is 6. The van der Waals surface area contributed by atoms with Gasteiger partial charge in [0, 0.05) is 38.7 Å². The van der Waals surface area contributed by atoms with E-state index in [0.717, 1.165) is 42.8 Å². The van der Waals surface area contributed by atoms with Crippen LogP contribution in [0.15, 0.2) is 22.6 Å². The maximum Gasteiger partial charge on any atom is 0.298 e. The van der Waals surface area contributed by atoms with Crippen molar-refractivity contribution in [3.63, 3.8) is 0 Å². The number of benzene rings is 1. The van der Waals surface area contributed by atoms with E-state index in [9.17, 15) is 10.2 Å². The van der Waals surface area contributed by atoms with Gasteiger partial charge in [0.15, 0.2) is 5.58 Å². The standard InChI is InChI=1S/C18H27N3O3/c1-3-20(6-7-22)9-14-10-21(11-15(14)12-23)18-19-16-8-13(2)4-5-17(16)24-18/h4-5,8,14-15,22-23H,3,6-7,9-12H2,1-2H3/t14-,15-/m1/s1. The van der Waals surface area contributed by atoms with Crippen LogP contribution in [-0.4, -0.2) is 66.0 Å². The summed E-state index contributed by atoms with van der Waals surface area (Å²) in [5.41, 5.74) is 2.84. The number of hydrogen-bond donors (Lipinski definition) is 2. The van der Waals surface area contributed by atoms with Crippen LogP contribution in [0.5, 0.6) is 0 Å². The van der Waals surface area contributed by atoms with E-state index in [1.54, 1.807) is 0 Å². The molecule has 1 aromatic heterocycles. The maximum atomic E-state index is 9.75. The number of aliphatic hydroxyl groups is 2. The quantitative estimate of drug-likeness (QED) is 0.800. The molecule has 1 aromatic carbocycles. The molecule has 0 radical (unpaired) electrons. The number of aliphatic hydroxyl groups excluding tert-OH is 2. The topological polar surface area (TPSA) is 73.0 Å². The molecule has 1 saturated heterocycles. The van der Waals surface area contributed by atoms with Crippen molar-refractivity contribution >= 4 is 17.1 Å². The second-order valence-electron chi connectivity index (χ2n) is 6.69. The van der Waals surface area contributed by atoms with Crippen molar-refractivity contribution in [2.24, 2.45) is 11.8 Å². The summed E-state index contributed by atoms with van der Waals surface area (Å²) in [6.07, 6.45) is 0. The summed E-state index contributed by atoms with van der Waals surface area (Å²) >= 11 is 0. The number of aryl methyl sites for hydroxylation is 1. The summed E-state index contributed by atoms with van der Waals surface area (Å²) < 4.78 is 5.91.